The zero-order chi connectivity index (χ0) is 71.5. The van der Waals surface area contributed by atoms with Gasteiger partial charge < -0.3 is 9.13 Å². The molecule has 0 amide bonds. The zero-order valence-corrected chi connectivity index (χ0v) is 60.0. The fourth-order valence-electron chi connectivity index (χ4n) is 19.2. The van der Waals surface area contributed by atoms with Gasteiger partial charge in [-0.25, -0.2) is 9.97 Å². The van der Waals surface area contributed by atoms with E-state index in [9.17, 15) is 0 Å². The lowest BCUT2D eigenvalue weighted by Gasteiger charge is -2.34. The Morgan fingerprint density at radius 3 is 0.908 bits per heavy atom. The smallest absolute Gasteiger partial charge is 0.109 e. The number of hydrogen-bond donors (Lipinski definition) is 0. The van der Waals surface area contributed by atoms with Crippen LogP contribution in [-0.4, -0.2) is 19.1 Å². The average molecular weight is 1400 g/mol. The minimum absolute atomic E-state index is 0.569. The number of rotatable bonds is 10. The molecule has 0 spiro atoms. The summed E-state index contributed by atoms with van der Waals surface area (Å²) in [7, 11) is 0. The molecular formula is C104H64N4S. The topological polar surface area (TPSA) is 35.6 Å². The summed E-state index contributed by atoms with van der Waals surface area (Å²) in [5.74, 6) is 0. The van der Waals surface area contributed by atoms with Crippen LogP contribution in [0.25, 0.3) is 164 Å². The molecule has 109 heavy (non-hydrogen) atoms. The Kier molecular flexibility index (Phi) is 13.4. The highest BCUT2D eigenvalue weighted by molar-refractivity contribution is 7.21. The van der Waals surface area contributed by atoms with Crippen LogP contribution in [0, 0.1) is 0 Å². The normalized spacial score (nSPS) is 13.3. The summed E-state index contributed by atoms with van der Waals surface area (Å²) >= 11 is 1.80. The second-order valence-corrected chi connectivity index (χ2v) is 30.3. The molecule has 4 heterocycles. The fraction of sp³-hybridized carbons (Fsp3) is 0.0192. The third kappa shape index (κ3) is 8.88. The summed E-state index contributed by atoms with van der Waals surface area (Å²) in [5, 5.41) is 9.12. The van der Waals surface area contributed by atoms with Crippen molar-refractivity contribution in [1.29, 1.82) is 0 Å². The van der Waals surface area contributed by atoms with Gasteiger partial charge in [-0.1, -0.05) is 315 Å². The Morgan fingerprint density at radius 2 is 0.505 bits per heavy atom. The molecular weight excluding hydrogens is 1340 g/mol. The van der Waals surface area contributed by atoms with Gasteiger partial charge in [0.25, 0.3) is 0 Å². The van der Waals surface area contributed by atoms with E-state index >= 15 is 0 Å². The van der Waals surface area contributed by atoms with Crippen molar-refractivity contribution in [2.24, 2.45) is 0 Å². The van der Waals surface area contributed by atoms with Crippen molar-refractivity contribution >= 4 is 98.6 Å². The first-order valence-electron chi connectivity index (χ1n) is 37.6. The van der Waals surface area contributed by atoms with E-state index in [0.29, 0.717) is 0 Å². The lowest BCUT2D eigenvalue weighted by molar-refractivity contribution is 0.769. The van der Waals surface area contributed by atoms with Crippen LogP contribution in [0.3, 0.4) is 0 Å². The van der Waals surface area contributed by atoms with Crippen LogP contribution in [-0.2, 0) is 10.8 Å². The number of para-hydroxylation sites is 4. The number of thiophene rings is 1. The molecule has 0 saturated heterocycles. The van der Waals surface area contributed by atoms with Crippen molar-refractivity contribution in [3.05, 3.63) is 433 Å². The molecule has 0 atom stereocenters. The minimum atomic E-state index is -0.569. The second-order valence-electron chi connectivity index (χ2n) is 29.3. The van der Waals surface area contributed by atoms with Crippen molar-refractivity contribution < 1.29 is 0 Å². The number of fused-ring (bicyclic) bond motifs is 19. The average Bonchev–Trinajstić information content (AvgIpc) is 1.65. The molecule has 17 aromatic carbocycles. The van der Waals surface area contributed by atoms with E-state index in [-0.39, 0.29) is 0 Å². The minimum Gasteiger partial charge on any atom is -0.309 e. The maximum atomic E-state index is 6.26. The highest BCUT2D eigenvalue weighted by Gasteiger charge is 2.48. The maximum absolute atomic E-state index is 6.26. The van der Waals surface area contributed by atoms with E-state index in [4.69, 9.17) is 9.97 Å². The third-order valence-electron chi connectivity index (χ3n) is 23.9. The van der Waals surface area contributed by atoms with Gasteiger partial charge in [0.05, 0.1) is 53.7 Å². The molecule has 4 nitrogen and oxygen atoms in total. The Hall–Kier alpha value is -13.8. The summed E-state index contributed by atoms with van der Waals surface area (Å²) in [6.07, 6.45) is 0. The first kappa shape index (κ1) is 61.5. The molecule has 0 bridgehead atoms. The van der Waals surface area contributed by atoms with Gasteiger partial charge in [-0.3, -0.25) is 0 Å². The van der Waals surface area contributed by atoms with Gasteiger partial charge in [0.1, 0.15) is 11.0 Å². The van der Waals surface area contributed by atoms with Crippen LogP contribution < -0.4 is 0 Å². The standard InChI is InChI=1S/C104H64N4S/c1-7-27-71(28-8-1)103(72-29-9-2-10-30-72)89-43-23-19-39-79(89)81-55-49-67(61-91(81)103)65-47-53-77-78-54-48-66(68-50-56-82-80-40-20-24-44-90(80)104(92(82)62-68,73-31-11-3-12-32-73)74-33-13-4-14-34-74)60-88(78)98-97(87(77)59-65)105-99-100(106-98)102(70-52-58-86-84-42-22-26-46-94(84)108(96(86)64-70)76-37-17-6-18-38-76)109-101(99)69-51-57-85-83-41-21-25-45-93(83)107(95(85)63-69)75-35-15-5-16-36-75/h1-64H. The van der Waals surface area contributed by atoms with Crippen LogP contribution >= 0.6 is 11.3 Å². The molecule has 0 unspecified atom stereocenters. The van der Waals surface area contributed by atoms with Gasteiger partial charge >= 0.3 is 0 Å². The Balaban J connectivity index is 0.808. The van der Waals surface area contributed by atoms with Crippen molar-refractivity contribution in [1.82, 2.24) is 19.1 Å². The Labute approximate surface area is 633 Å². The van der Waals surface area contributed by atoms with Crippen LogP contribution in [0.2, 0.25) is 0 Å². The maximum Gasteiger partial charge on any atom is 0.109 e. The van der Waals surface area contributed by atoms with Crippen LogP contribution in [0.1, 0.15) is 44.5 Å². The van der Waals surface area contributed by atoms with Crippen molar-refractivity contribution in [3.8, 4) is 76.8 Å². The third-order valence-corrected chi connectivity index (χ3v) is 25.1. The summed E-state index contributed by atoms with van der Waals surface area (Å²) in [4.78, 5) is 14.6. The number of hydrogen-bond acceptors (Lipinski definition) is 3. The number of benzene rings is 17. The Morgan fingerprint density at radius 1 is 0.202 bits per heavy atom. The second kappa shape index (κ2) is 23.8. The van der Waals surface area contributed by atoms with Crippen LogP contribution in [0.4, 0.5) is 0 Å². The quantitative estimate of drug-likeness (QED) is 0.128. The molecule has 0 aliphatic heterocycles. The lowest BCUT2D eigenvalue weighted by Crippen LogP contribution is -2.28. The first-order chi connectivity index (χ1) is 54.1. The van der Waals surface area contributed by atoms with Crippen molar-refractivity contribution in [3.63, 3.8) is 0 Å². The molecule has 0 radical (unpaired) electrons. The van der Waals surface area contributed by atoms with E-state index in [1.54, 1.807) is 11.3 Å². The molecule has 4 aromatic heterocycles. The summed E-state index contributed by atoms with van der Waals surface area (Å²) in [6.45, 7) is 0. The monoisotopic (exact) mass is 1400 g/mol. The molecule has 5 heteroatoms. The SMILES string of the molecule is c1ccc(-n2c3ccccc3c3ccc(-c4sc(-c5ccc6c7ccccc7n(-c7ccccc7)c6c5)c5nc6c7cc(-c8ccc9c(c8)C(c8ccccc8)(c8ccccc8)c8ccccc8-9)ccc7c7ccc(-c8ccc9c(c8)C(c8ccccc8)(c8ccccc8)c8ccccc8-9)cc7c6nc45)cc32)cc1. The van der Waals surface area contributed by atoms with Crippen molar-refractivity contribution in [2.75, 3.05) is 0 Å². The van der Waals surface area contributed by atoms with Crippen molar-refractivity contribution in [2.45, 2.75) is 10.8 Å². The molecule has 0 N–H and O–H groups in total. The number of nitrogens with zero attached hydrogens (tertiary/aromatic N) is 4. The summed E-state index contributed by atoms with van der Waals surface area (Å²) < 4.78 is 4.84. The highest BCUT2D eigenvalue weighted by Crippen LogP contribution is 2.59. The molecule has 0 fully saturated rings. The predicted octanol–water partition coefficient (Wildman–Crippen LogP) is 26.7. The molecule has 21 aromatic rings. The highest BCUT2D eigenvalue weighted by atomic mass is 32.1. The van der Waals surface area contributed by atoms with Gasteiger partial charge in [0, 0.05) is 43.7 Å². The van der Waals surface area contributed by atoms with Gasteiger partial charge in [-0.2, -0.15) is 0 Å². The Bertz CT molecular complexity index is 6810. The largest absolute Gasteiger partial charge is 0.309 e. The van der Waals surface area contributed by atoms with Crippen LogP contribution in [0.15, 0.2) is 388 Å². The molecule has 23 rings (SSSR count). The van der Waals surface area contributed by atoms with E-state index in [1.165, 1.54) is 88.3 Å². The fourth-order valence-corrected chi connectivity index (χ4v) is 20.4. The van der Waals surface area contributed by atoms with E-state index in [1.807, 2.05) is 0 Å². The predicted molar refractivity (Wildman–Crippen MR) is 455 cm³/mol. The van der Waals surface area contributed by atoms with Gasteiger partial charge in [-0.05, 0) is 184 Å². The molecule has 2 aliphatic carbocycles. The first-order valence-corrected chi connectivity index (χ1v) is 38.4. The molecule has 506 valence electrons. The summed E-state index contributed by atoms with van der Waals surface area (Å²) in [6, 6.07) is 144. The van der Waals surface area contributed by atoms with Gasteiger partial charge in [-0.15, -0.1) is 11.3 Å². The molecule has 0 saturated carbocycles. The zero-order valence-electron chi connectivity index (χ0n) is 59.1. The van der Waals surface area contributed by atoms with Crippen LogP contribution in [0.5, 0.6) is 0 Å². The van der Waals surface area contributed by atoms with E-state index in [0.717, 1.165) is 120 Å². The van der Waals surface area contributed by atoms with Gasteiger partial charge in [0.15, 0.2) is 0 Å². The lowest BCUT2D eigenvalue weighted by atomic mass is 9.67. The number of aromatic nitrogens is 4. The molecule has 2 aliphatic rings. The summed E-state index contributed by atoms with van der Waals surface area (Å²) in [5.41, 5.74) is 30.8. The van der Waals surface area contributed by atoms with Gasteiger partial charge in [0.2, 0.25) is 0 Å². The van der Waals surface area contributed by atoms with E-state index < -0.39 is 10.8 Å². The van der Waals surface area contributed by atoms with E-state index in [2.05, 4.69) is 397 Å².